The fourth-order valence-corrected chi connectivity index (χ4v) is 3.30. The number of nitrogens with one attached hydrogen (secondary N) is 1. The third-order valence-electron chi connectivity index (χ3n) is 3.78. The van der Waals surface area contributed by atoms with Crippen LogP contribution in [0.15, 0.2) is 47.3 Å². The highest BCUT2D eigenvalue weighted by atomic mass is 35.5. The summed E-state index contributed by atoms with van der Waals surface area (Å²) in [6.07, 6.45) is -0.0919. The van der Waals surface area contributed by atoms with Gasteiger partial charge in [-0.15, -0.1) is 0 Å². The number of aliphatic hydroxyl groups is 1. The van der Waals surface area contributed by atoms with Crippen molar-refractivity contribution in [3.05, 3.63) is 74.5 Å². The average molecular weight is 399 g/mol. The standard InChI is InChI=1S/C20H15ClN2O3S/c21-15-6-3-14(4-7-15)12-22-19(25)11-17-20(26)16-10-13(2-1-9-24)5-8-18(16)27-23-17/h3-8,10,24H,9,11-12H2,(H,22,25). The van der Waals surface area contributed by atoms with Crippen molar-refractivity contribution in [2.24, 2.45) is 0 Å². The number of amides is 1. The minimum absolute atomic E-state index is 0.0919. The van der Waals surface area contributed by atoms with E-state index < -0.39 is 0 Å². The fraction of sp³-hybridized carbons (Fsp3) is 0.150. The number of carbonyl (C=O) groups excluding carboxylic acids is 1. The van der Waals surface area contributed by atoms with Crippen LogP contribution >= 0.6 is 23.1 Å². The molecule has 5 nitrogen and oxygen atoms in total. The molecule has 0 aliphatic heterocycles. The van der Waals surface area contributed by atoms with E-state index in [0.29, 0.717) is 22.5 Å². The number of carbonyl (C=O) groups is 1. The summed E-state index contributed by atoms with van der Waals surface area (Å²) in [5, 5.41) is 12.7. The maximum Gasteiger partial charge on any atom is 0.226 e. The zero-order valence-electron chi connectivity index (χ0n) is 14.2. The summed E-state index contributed by atoms with van der Waals surface area (Å²) < 4.78 is 4.90. The molecule has 0 radical (unpaired) electrons. The largest absolute Gasteiger partial charge is 0.384 e. The number of aromatic nitrogens is 1. The van der Waals surface area contributed by atoms with Crippen LogP contribution in [0, 0.1) is 11.8 Å². The zero-order valence-corrected chi connectivity index (χ0v) is 15.7. The number of aliphatic hydroxyl groups excluding tert-OH is 1. The molecule has 0 atom stereocenters. The van der Waals surface area contributed by atoms with Gasteiger partial charge in [-0.05, 0) is 47.4 Å². The summed E-state index contributed by atoms with van der Waals surface area (Å²) >= 11 is 7.00. The van der Waals surface area contributed by atoms with Crippen LogP contribution in [0.5, 0.6) is 0 Å². The molecular formula is C20H15ClN2O3S. The number of hydrogen-bond acceptors (Lipinski definition) is 5. The molecule has 1 amide bonds. The summed E-state index contributed by atoms with van der Waals surface area (Å²) in [4.78, 5) is 24.8. The van der Waals surface area contributed by atoms with E-state index in [1.54, 1.807) is 30.3 Å². The molecule has 1 heterocycles. The molecule has 0 saturated heterocycles. The molecule has 136 valence electrons. The molecule has 1 aromatic heterocycles. The van der Waals surface area contributed by atoms with E-state index in [1.807, 2.05) is 12.1 Å². The summed E-state index contributed by atoms with van der Waals surface area (Å²) in [7, 11) is 0. The molecule has 0 aliphatic rings. The second kappa shape index (κ2) is 8.78. The molecule has 3 rings (SSSR count). The first-order chi connectivity index (χ1) is 13.1. The first kappa shape index (κ1) is 19.1. The van der Waals surface area contributed by atoms with Crippen LogP contribution in [-0.2, 0) is 17.8 Å². The Balaban J connectivity index is 1.75. The average Bonchev–Trinajstić information content (AvgIpc) is 2.68. The minimum Gasteiger partial charge on any atom is -0.384 e. The topological polar surface area (TPSA) is 79.3 Å². The Hall–Kier alpha value is -2.72. The molecule has 0 aliphatic carbocycles. The van der Waals surface area contributed by atoms with Gasteiger partial charge in [-0.3, -0.25) is 9.59 Å². The highest BCUT2D eigenvalue weighted by Crippen LogP contribution is 2.16. The van der Waals surface area contributed by atoms with Gasteiger partial charge in [0.15, 0.2) is 0 Å². The van der Waals surface area contributed by atoms with E-state index in [1.165, 1.54) is 11.5 Å². The number of rotatable bonds is 4. The Kier molecular flexibility index (Phi) is 6.20. The van der Waals surface area contributed by atoms with Gasteiger partial charge in [-0.25, -0.2) is 0 Å². The lowest BCUT2D eigenvalue weighted by molar-refractivity contribution is -0.120. The fourth-order valence-electron chi connectivity index (χ4n) is 2.44. The van der Waals surface area contributed by atoms with Crippen molar-refractivity contribution in [1.29, 1.82) is 0 Å². The number of fused-ring (bicyclic) bond motifs is 1. The van der Waals surface area contributed by atoms with Crippen molar-refractivity contribution < 1.29 is 9.90 Å². The van der Waals surface area contributed by atoms with Crippen molar-refractivity contribution in [2.45, 2.75) is 13.0 Å². The van der Waals surface area contributed by atoms with Gasteiger partial charge < -0.3 is 10.4 Å². The van der Waals surface area contributed by atoms with E-state index >= 15 is 0 Å². The number of nitrogens with zero attached hydrogens (tertiary/aromatic N) is 1. The second-order valence-electron chi connectivity index (χ2n) is 5.71. The first-order valence-corrected chi connectivity index (χ1v) is 9.25. The van der Waals surface area contributed by atoms with E-state index in [-0.39, 0.29) is 30.1 Å². The molecule has 0 spiro atoms. The highest BCUT2D eigenvalue weighted by molar-refractivity contribution is 7.12. The predicted octanol–water partition coefficient (Wildman–Crippen LogP) is 2.51. The van der Waals surface area contributed by atoms with Gasteiger partial charge in [-0.2, -0.15) is 4.37 Å². The minimum atomic E-state index is -0.280. The lowest BCUT2D eigenvalue weighted by Crippen LogP contribution is -2.27. The smallest absolute Gasteiger partial charge is 0.226 e. The monoisotopic (exact) mass is 398 g/mol. The van der Waals surface area contributed by atoms with Crippen molar-refractivity contribution in [3.8, 4) is 11.8 Å². The summed E-state index contributed by atoms with van der Waals surface area (Å²) in [6, 6.07) is 12.3. The number of hydrogen-bond donors (Lipinski definition) is 2. The Labute approximate surface area is 164 Å². The van der Waals surface area contributed by atoms with Crippen molar-refractivity contribution in [3.63, 3.8) is 0 Å². The highest BCUT2D eigenvalue weighted by Gasteiger charge is 2.12. The third-order valence-corrected chi connectivity index (χ3v) is 4.90. The molecule has 0 unspecified atom stereocenters. The van der Waals surface area contributed by atoms with Crippen LogP contribution in [0.2, 0.25) is 5.02 Å². The molecule has 2 N–H and O–H groups in total. The van der Waals surface area contributed by atoms with Crippen LogP contribution in [0.1, 0.15) is 16.8 Å². The molecule has 2 aromatic carbocycles. The molecule has 0 bridgehead atoms. The normalized spacial score (nSPS) is 10.3. The van der Waals surface area contributed by atoms with E-state index in [4.69, 9.17) is 16.7 Å². The Morgan fingerprint density at radius 2 is 2.00 bits per heavy atom. The second-order valence-corrected chi connectivity index (χ2v) is 6.95. The van der Waals surface area contributed by atoms with Gasteiger partial charge in [0.1, 0.15) is 12.3 Å². The molecule has 27 heavy (non-hydrogen) atoms. The van der Waals surface area contributed by atoms with Gasteiger partial charge in [0.25, 0.3) is 0 Å². The van der Waals surface area contributed by atoms with Gasteiger partial charge in [0.05, 0.1) is 11.1 Å². The maximum absolute atomic E-state index is 12.7. The molecule has 7 heteroatoms. The molecular weight excluding hydrogens is 384 g/mol. The van der Waals surface area contributed by atoms with E-state index in [9.17, 15) is 9.59 Å². The third kappa shape index (κ3) is 4.92. The summed E-state index contributed by atoms with van der Waals surface area (Å²) in [5.74, 6) is 5.04. The number of halogens is 1. The van der Waals surface area contributed by atoms with Crippen molar-refractivity contribution in [2.75, 3.05) is 6.61 Å². The van der Waals surface area contributed by atoms with Crippen molar-refractivity contribution in [1.82, 2.24) is 9.69 Å². The zero-order chi connectivity index (χ0) is 19.2. The number of benzene rings is 2. The summed E-state index contributed by atoms with van der Waals surface area (Å²) in [5.41, 5.74) is 1.47. The van der Waals surface area contributed by atoms with Crippen molar-refractivity contribution >= 4 is 39.1 Å². The van der Waals surface area contributed by atoms with E-state index in [2.05, 4.69) is 21.5 Å². The Bertz CT molecular complexity index is 1100. The van der Waals surface area contributed by atoms with Gasteiger partial charge >= 0.3 is 0 Å². The van der Waals surface area contributed by atoms with Crippen LogP contribution < -0.4 is 10.7 Å². The quantitative estimate of drug-likeness (QED) is 0.662. The van der Waals surface area contributed by atoms with Crippen LogP contribution in [0.3, 0.4) is 0 Å². The van der Waals surface area contributed by atoms with Crippen LogP contribution in [-0.4, -0.2) is 22.0 Å². The van der Waals surface area contributed by atoms with Crippen LogP contribution in [0.4, 0.5) is 0 Å². The Morgan fingerprint density at radius 3 is 2.74 bits per heavy atom. The van der Waals surface area contributed by atoms with Crippen LogP contribution in [0.25, 0.3) is 10.1 Å². The maximum atomic E-state index is 12.7. The lowest BCUT2D eigenvalue weighted by atomic mass is 10.1. The van der Waals surface area contributed by atoms with Gasteiger partial charge in [0.2, 0.25) is 11.3 Å². The molecule has 3 aromatic rings. The van der Waals surface area contributed by atoms with Gasteiger partial charge in [0, 0.05) is 22.5 Å². The summed E-state index contributed by atoms with van der Waals surface area (Å²) in [6.45, 7) is 0.0996. The lowest BCUT2D eigenvalue weighted by Gasteiger charge is -2.05. The van der Waals surface area contributed by atoms with Gasteiger partial charge in [-0.1, -0.05) is 35.6 Å². The Morgan fingerprint density at radius 1 is 1.22 bits per heavy atom. The molecule has 0 saturated carbocycles. The van der Waals surface area contributed by atoms with E-state index in [0.717, 1.165) is 10.3 Å². The SMILES string of the molecule is O=C(Cc1nsc2ccc(C#CCO)cc2c1=O)NCc1ccc(Cl)cc1. The molecule has 0 fully saturated rings. The predicted molar refractivity (Wildman–Crippen MR) is 107 cm³/mol. The first-order valence-electron chi connectivity index (χ1n) is 8.10.